The van der Waals surface area contributed by atoms with Gasteiger partial charge in [-0.2, -0.15) is 5.26 Å². The van der Waals surface area contributed by atoms with Gasteiger partial charge in [0.05, 0.1) is 18.4 Å². The maximum atomic E-state index is 12.6. The van der Waals surface area contributed by atoms with Crippen LogP contribution in [0.15, 0.2) is 34.3 Å². The van der Waals surface area contributed by atoms with E-state index in [0.717, 1.165) is 22.2 Å². The Morgan fingerprint density at radius 2 is 2.21 bits per heavy atom. The lowest BCUT2D eigenvalue weighted by Crippen LogP contribution is -2.17. The van der Waals surface area contributed by atoms with Crippen LogP contribution in [0.25, 0.3) is 0 Å². The zero-order valence-corrected chi connectivity index (χ0v) is 17.8. The Kier molecular flexibility index (Phi) is 6.44. The van der Waals surface area contributed by atoms with Crippen LogP contribution in [0.1, 0.15) is 48.9 Å². The van der Waals surface area contributed by atoms with Crippen LogP contribution in [0.3, 0.4) is 0 Å². The van der Waals surface area contributed by atoms with Crippen molar-refractivity contribution in [3.63, 3.8) is 0 Å². The second-order valence-electron chi connectivity index (χ2n) is 6.97. The molecule has 3 aromatic heterocycles. The predicted molar refractivity (Wildman–Crippen MR) is 111 cm³/mol. The molecule has 3 aromatic rings. The average Bonchev–Trinajstić information content (AvgIpc) is 3.40. The number of furan rings is 1. The summed E-state index contributed by atoms with van der Waals surface area (Å²) in [5.41, 5.74) is 2.26. The molecular formula is C20H24N6O2S. The van der Waals surface area contributed by atoms with Gasteiger partial charge in [0, 0.05) is 23.9 Å². The Hall–Kier alpha value is -2.99. The number of hydrogen-bond acceptors (Lipinski definition) is 6. The van der Waals surface area contributed by atoms with E-state index in [1.807, 2.05) is 35.1 Å². The molecule has 0 unspecified atom stereocenters. The SMILES string of the molecule is Cc1c(C#N)c(NC(=O)CCSc2nncn2C(C)C)n(Cc2ccco2)c1C. The van der Waals surface area contributed by atoms with E-state index in [1.54, 1.807) is 12.6 Å². The molecule has 0 spiro atoms. The standard InChI is InChI=1S/C20H24N6O2S/c1-13(2)26-12-22-24-20(26)29-9-7-18(27)23-19-17(10-21)14(3)15(4)25(19)11-16-6-5-8-28-16/h5-6,8,12-13H,7,9,11H2,1-4H3,(H,23,27). The Morgan fingerprint density at radius 1 is 1.41 bits per heavy atom. The highest BCUT2D eigenvalue weighted by Gasteiger charge is 2.20. The van der Waals surface area contributed by atoms with Crippen molar-refractivity contribution in [2.24, 2.45) is 0 Å². The lowest BCUT2D eigenvalue weighted by molar-refractivity contribution is -0.115. The lowest BCUT2D eigenvalue weighted by Gasteiger charge is -2.12. The van der Waals surface area contributed by atoms with Crippen molar-refractivity contribution < 1.29 is 9.21 Å². The molecule has 9 heteroatoms. The summed E-state index contributed by atoms with van der Waals surface area (Å²) in [4.78, 5) is 12.6. The second kappa shape index (κ2) is 9.01. The highest BCUT2D eigenvalue weighted by atomic mass is 32.2. The number of carbonyl (C=O) groups excluding carboxylic acids is 1. The van der Waals surface area contributed by atoms with Gasteiger partial charge < -0.3 is 18.9 Å². The van der Waals surface area contributed by atoms with Crippen LogP contribution in [0.5, 0.6) is 0 Å². The summed E-state index contributed by atoms with van der Waals surface area (Å²) >= 11 is 1.49. The van der Waals surface area contributed by atoms with E-state index in [1.165, 1.54) is 11.8 Å². The van der Waals surface area contributed by atoms with E-state index in [2.05, 4.69) is 35.4 Å². The monoisotopic (exact) mass is 412 g/mol. The van der Waals surface area contributed by atoms with Crippen LogP contribution in [-0.4, -0.2) is 31.0 Å². The summed E-state index contributed by atoms with van der Waals surface area (Å²) in [6, 6.07) is 6.16. The molecule has 152 valence electrons. The third kappa shape index (κ3) is 4.54. The maximum absolute atomic E-state index is 12.6. The van der Waals surface area contributed by atoms with E-state index in [4.69, 9.17) is 4.42 Å². The Bertz CT molecular complexity index is 1030. The first kappa shape index (κ1) is 20.7. The molecule has 0 aromatic carbocycles. The topological polar surface area (TPSA) is 102 Å². The van der Waals surface area contributed by atoms with Crippen molar-refractivity contribution in [1.29, 1.82) is 5.26 Å². The molecule has 0 radical (unpaired) electrons. The largest absolute Gasteiger partial charge is 0.467 e. The summed E-state index contributed by atoms with van der Waals surface area (Å²) < 4.78 is 9.32. The van der Waals surface area contributed by atoms with Gasteiger partial charge in [-0.1, -0.05) is 11.8 Å². The molecule has 0 atom stereocenters. The van der Waals surface area contributed by atoms with Gasteiger partial charge in [-0.05, 0) is 45.4 Å². The van der Waals surface area contributed by atoms with Crippen LogP contribution >= 0.6 is 11.8 Å². The number of aromatic nitrogens is 4. The third-order valence-corrected chi connectivity index (χ3v) is 5.71. The molecule has 1 N–H and O–H groups in total. The quantitative estimate of drug-likeness (QED) is 0.563. The normalized spacial score (nSPS) is 11.0. The fraction of sp³-hybridized carbons (Fsp3) is 0.400. The highest BCUT2D eigenvalue weighted by molar-refractivity contribution is 7.99. The second-order valence-corrected chi connectivity index (χ2v) is 8.03. The Balaban J connectivity index is 1.70. The van der Waals surface area contributed by atoms with Gasteiger partial charge in [0.2, 0.25) is 5.91 Å². The minimum absolute atomic E-state index is 0.150. The minimum atomic E-state index is -0.150. The van der Waals surface area contributed by atoms with Crippen LogP contribution < -0.4 is 5.32 Å². The van der Waals surface area contributed by atoms with Gasteiger partial charge in [-0.3, -0.25) is 4.79 Å². The summed E-state index contributed by atoms with van der Waals surface area (Å²) in [7, 11) is 0. The summed E-state index contributed by atoms with van der Waals surface area (Å²) in [5, 5.41) is 21.4. The molecule has 0 aliphatic carbocycles. The number of rotatable bonds is 8. The number of hydrogen-bond donors (Lipinski definition) is 1. The van der Waals surface area contributed by atoms with Gasteiger partial charge in [-0.15, -0.1) is 10.2 Å². The fourth-order valence-electron chi connectivity index (χ4n) is 3.01. The van der Waals surface area contributed by atoms with Crippen molar-refractivity contribution in [2.75, 3.05) is 11.1 Å². The van der Waals surface area contributed by atoms with Gasteiger partial charge in [0.25, 0.3) is 0 Å². The van der Waals surface area contributed by atoms with Crippen LogP contribution in [0.4, 0.5) is 5.82 Å². The van der Waals surface area contributed by atoms with E-state index in [-0.39, 0.29) is 11.9 Å². The van der Waals surface area contributed by atoms with Gasteiger partial charge in [0.1, 0.15) is 24.0 Å². The van der Waals surface area contributed by atoms with Gasteiger partial charge >= 0.3 is 0 Å². The first-order valence-electron chi connectivity index (χ1n) is 9.36. The molecule has 0 saturated heterocycles. The maximum Gasteiger partial charge on any atom is 0.226 e. The smallest absolute Gasteiger partial charge is 0.226 e. The number of nitriles is 1. The molecule has 3 heterocycles. The van der Waals surface area contributed by atoms with Gasteiger partial charge in [0.15, 0.2) is 5.16 Å². The zero-order chi connectivity index (χ0) is 21.0. The number of amides is 1. The van der Waals surface area contributed by atoms with Crippen molar-refractivity contribution in [3.8, 4) is 6.07 Å². The highest BCUT2D eigenvalue weighted by Crippen LogP contribution is 2.28. The number of carbonyl (C=O) groups is 1. The average molecular weight is 413 g/mol. The first-order valence-corrected chi connectivity index (χ1v) is 10.3. The number of thioether (sulfide) groups is 1. The van der Waals surface area contributed by atoms with Gasteiger partial charge in [-0.25, -0.2) is 0 Å². The molecule has 3 rings (SSSR count). The van der Waals surface area contributed by atoms with Crippen molar-refractivity contribution in [3.05, 3.63) is 47.3 Å². The molecule has 0 fully saturated rings. The molecule has 0 saturated carbocycles. The summed E-state index contributed by atoms with van der Waals surface area (Å²) in [5.74, 6) is 1.68. The van der Waals surface area contributed by atoms with Crippen LogP contribution in [0.2, 0.25) is 0 Å². The third-order valence-electron chi connectivity index (χ3n) is 4.75. The number of nitrogens with zero attached hydrogens (tertiary/aromatic N) is 5. The van der Waals surface area contributed by atoms with E-state index in [9.17, 15) is 10.1 Å². The zero-order valence-electron chi connectivity index (χ0n) is 17.0. The molecule has 0 aliphatic heterocycles. The van der Waals surface area contributed by atoms with E-state index in [0.29, 0.717) is 30.1 Å². The minimum Gasteiger partial charge on any atom is -0.467 e. The molecule has 0 bridgehead atoms. The van der Waals surface area contributed by atoms with Crippen LogP contribution in [-0.2, 0) is 11.3 Å². The van der Waals surface area contributed by atoms with Crippen molar-refractivity contribution in [1.82, 2.24) is 19.3 Å². The number of anilines is 1. The molecule has 8 nitrogen and oxygen atoms in total. The van der Waals surface area contributed by atoms with Crippen molar-refractivity contribution >= 4 is 23.5 Å². The first-order chi connectivity index (χ1) is 13.9. The Labute approximate surface area is 173 Å². The number of nitrogens with one attached hydrogen (secondary N) is 1. The molecule has 0 aliphatic rings. The molecule has 29 heavy (non-hydrogen) atoms. The van der Waals surface area contributed by atoms with Crippen molar-refractivity contribution in [2.45, 2.75) is 51.9 Å². The molecule has 1 amide bonds. The fourth-order valence-corrected chi connectivity index (χ4v) is 3.99. The van der Waals surface area contributed by atoms with E-state index < -0.39 is 0 Å². The lowest BCUT2D eigenvalue weighted by atomic mass is 10.2. The summed E-state index contributed by atoms with van der Waals surface area (Å²) in [6.45, 7) is 8.38. The Morgan fingerprint density at radius 3 is 2.86 bits per heavy atom. The van der Waals surface area contributed by atoms with Crippen LogP contribution in [0, 0.1) is 25.2 Å². The predicted octanol–water partition coefficient (Wildman–Crippen LogP) is 3.91. The molecular weight excluding hydrogens is 388 g/mol. The van der Waals surface area contributed by atoms with E-state index >= 15 is 0 Å². The summed E-state index contributed by atoms with van der Waals surface area (Å²) in [6.07, 6.45) is 3.60.